The summed E-state index contributed by atoms with van der Waals surface area (Å²) in [5, 5.41) is 11.4. The zero-order valence-electron chi connectivity index (χ0n) is 17.8. The van der Waals surface area contributed by atoms with Crippen LogP contribution >= 0.6 is 0 Å². The predicted molar refractivity (Wildman–Crippen MR) is 123 cm³/mol. The average Bonchev–Trinajstić information content (AvgIpc) is 3.34. The second-order valence-corrected chi connectivity index (χ2v) is 7.08. The van der Waals surface area contributed by atoms with Crippen LogP contribution in [-0.2, 0) is 11.3 Å². The van der Waals surface area contributed by atoms with Gasteiger partial charge in [-0.3, -0.25) is 14.4 Å². The molecule has 0 aliphatic heterocycles. The molecule has 166 valence electrons. The zero-order chi connectivity index (χ0) is 22.8. The van der Waals surface area contributed by atoms with Crippen LogP contribution < -0.4 is 21.3 Å². The van der Waals surface area contributed by atoms with E-state index in [9.17, 15) is 14.4 Å². The minimum atomic E-state index is -0.249. The van der Waals surface area contributed by atoms with E-state index in [1.54, 1.807) is 66.9 Å². The molecular weight excluding hydrogens is 408 g/mol. The highest BCUT2D eigenvalue weighted by Gasteiger charge is 2.09. The summed E-state index contributed by atoms with van der Waals surface area (Å²) in [5.74, 6) is 0.0387. The van der Waals surface area contributed by atoms with Gasteiger partial charge in [0.05, 0.1) is 19.4 Å². The first kappa shape index (κ1) is 22.6. The number of carbonyl (C=O) groups excluding carboxylic acids is 3. The molecule has 3 rings (SSSR count). The van der Waals surface area contributed by atoms with Gasteiger partial charge >= 0.3 is 0 Å². The molecule has 1 heterocycles. The van der Waals surface area contributed by atoms with E-state index in [1.807, 2.05) is 6.92 Å². The first-order valence-corrected chi connectivity index (χ1v) is 10.4. The lowest BCUT2D eigenvalue weighted by atomic mass is 10.2. The first-order valence-electron chi connectivity index (χ1n) is 10.4. The summed E-state index contributed by atoms with van der Waals surface area (Å²) in [6, 6.07) is 17.1. The van der Waals surface area contributed by atoms with Crippen LogP contribution in [-0.4, -0.2) is 30.8 Å². The minimum Gasteiger partial charge on any atom is -0.467 e. The van der Waals surface area contributed by atoms with E-state index in [2.05, 4.69) is 21.3 Å². The lowest BCUT2D eigenvalue weighted by molar-refractivity contribution is -0.114. The van der Waals surface area contributed by atoms with Gasteiger partial charge in [0, 0.05) is 29.0 Å². The molecule has 32 heavy (non-hydrogen) atoms. The summed E-state index contributed by atoms with van der Waals surface area (Å²) in [5.41, 5.74) is 2.25. The third-order valence-corrected chi connectivity index (χ3v) is 4.55. The van der Waals surface area contributed by atoms with Crippen molar-refractivity contribution in [2.24, 2.45) is 0 Å². The van der Waals surface area contributed by atoms with Crippen molar-refractivity contribution in [3.05, 3.63) is 83.8 Å². The van der Waals surface area contributed by atoms with Crippen LogP contribution in [0.25, 0.3) is 0 Å². The molecule has 8 nitrogen and oxygen atoms in total. The summed E-state index contributed by atoms with van der Waals surface area (Å²) in [6.45, 7) is 2.93. The normalized spacial score (nSPS) is 10.3. The van der Waals surface area contributed by atoms with E-state index in [0.29, 0.717) is 41.4 Å². The lowest BCUT2D eigenvalue weighted by Crippen LogP contribution is -2.24. The Bertz CT molecular complexity index is 1050. The summed E-state index contributed by atoms with van der Waals surface area (Å²) in [7, 11) is 0. The SMILES string of the molecule is CCCNC(=O)c1ccc(NC(=O)CNc2cccc(C(=O)NCc3ccco3)c2)cc1. The number of anilines is 2. The fourth-order valence-electron chi connectivity index (χ4n) is 2.89. The summed E-state index contributed by atoms with van der Waals surface area (Å²) < 4.78 is 5.20. The van der Waals surface area contributed by atoms with Gasteiger partial charge in [0.15, 0.2) is 0 Å². The fraction of sp³-hybridized carbons (Fsp3) is 0.208. The number of benzene rings is 2. The van der Waals surface area contributed by atoms with Crippen molar-refractivity contribution in [3.63, 3.8) is 0 Å². The Morgan fingerprint density at radius 3 is 2.34 bits per heavy atom. The maximum Gasteiger partial charge on any atom is 0.251 e. The second-order valence-electron chi connectivity index (χ2n) is 7.08. The molecule has 0 unspecified atom stereocenters. The standard InChI is InChI=1S/C24H26N4O4/c1-2-12-25-23(30)17-8-10-19(11-9-17)28-22(29)16-26-20-6-3-5-18(14-20)24(31)27-15-21-7-4-13-32-21/h3-11,13-14,26H,2,12,15-16H2,1H3,(H,25,30)(H,27,31)(H,28,29). The van der Waals surface area contributed by atoms with Crippen LogP contribution in [0.5, 0.6) is 0 Å². The van der Waals surface area contributed by atoms with E-state index in [-0.39, 0.29) is 24.3 Å². The molecular formula is C24H26N4O4. The Labute approximate surface area is 186 Å². The molecule has 1 aromatic heterocycles. The van der Waals surface area contributed by atoms with Crippen LogP contribution in [0.1, 0.15) is 39.8 Å². The highest BCUT2D eigenvalue weighted by atomic mass is 16.3. The Kier molecular flexibility index (Phi) is 8.02. The van der Waals surface area contributed by atoms with Gasteiger partial charge in [-0.05, 0) is 61.0 Å². The summed E-state index contributed by atoms with van der Waals surface area (Å²) in [4.78, 5) is 36.5. The molecule has 3 amide bonds. The number of rotatable bonds is 10. The van der Waals surface area contributed by atoms with E-state index >= 15 is 0 Å². The van der Waals surface area contributed by atoms with Gasteiger partial charge in [-0.2, -0.15) is 0 Å². The third-order valence-electron chi connectivity index (χ3n) is 4.55. The van der Waals surface area contributed by atoms with Crippen molar-refractivity contribution in [1.82, 2.24) is 10.6 Å². The van der Waals surface area contributed by atoms with Gasteiger partial charge in [-0.15, -0.1) is 0 Å². The summed E-state index contributed by atoms with van der Waals surface area (Å²) >= 11 is 0. The van der Waals surface area contributed by atoms with Gasteiger partial charge in [0.2, 0.25) is 5.91 Å². The van der Waals surface area contributed by atoms with Crippen molar-refractivity contribution < 1.29 is 18.8 Å². The van der Waals surface area contributed by atoms with Crippen LogP contribution in [0.2, 0.25) is 0 Å². The van der Waals surface area contributed by atoms with Gasteiger partial charge < -0.3 is 25.7 Å². The molecule has 8 heteroatoms. The predicted octanol–water partition coefficient (Wildman–Crippen LogP) is 3.40. The largest absolute Gasteiger partial charge is 0.467 e. The molecule has 2 aromatic carbocycles. The lowest BCUT2D eigenvalue weighted by Gasteiger charge is -2.10. The molecule has 3 aromatic rings. The van der Waals surface area contributed by atoms with E-state index in [0.717, 1.165) is 6.42 Å². The molecule has 0 aliphatic carbocycles. The second kappa shape index (κ2) is 11.4. The van der Waals surface area contributed by atoms with Crippen molar-refractivity contribution in [3.8, 4) is 0 Å². The van der Waals surface area contributed by atoms with Crippen molar-refractivity contribution in [2.45, 2.75) is 19.9 Å². The smallest absolute Gasteiger partial charge is 0.251 e. The fourth-order valence-corrected chi connectivity index (χ4v) is 2.89. The number of nitrogens with one attached hydrogen (secondary N) is 4. The van der Waals surface area contributed by atoms with Crippen LogP contribution in [0.4, 0.5) is 11.4 Å². The van der Waals surface area contributed by atoms with E-state index in [1.165, 1.54) is 0 Å². The maximum absolute atomic E-state index is 12.3. The maximum atomic E-state index is 12.3. The number of hydrogen-bond acceptors (Lipinski definition) is 5. The first-order chi connectivity index (χ1) is 15.5. The molecule has 0 radical (unpaired) electrons. The van der Waals surface area contributed by atoms with Crippen molar-refractivity contribution in [1.29, 1.82) is 0 Å². The molecule has 4 N–H and O–H groups in total. The Balaban J connectivity index is 1.47. The van der Waals surface area contributed by atoms with E-state index < -0.39 is 0 Å². The highest BCUT2D eigenvalue weighted by Crippen LogP contribution is 2.12. The molecule has 0 bridgehead atoms. The quantitative estimate of drug-likeness (QED) is 0.391. The van der Waals surface area contributed by atoms with Gasteiger partial charge in [-0.1, -0.05) is 13.0 Å². The molecule has 0 aliphatic rings. The number of amides is 3. The number of hydrogen-bond donors (Lipinski definition) is 4. The zero-order valence-corrected chi connectivity index (χ0v) is 17.8. The third kappa shape index (κ3) is 6.73. The van der Waals surface area contributed by atoms with Crippen LogP contribution in [0.3, 0.4) is 0 Å². The minimum absolute atomic E-state index is 0.0240. The molecule has 0 atom stereocenters. The molecule has 0 saturated carbocycles. The number of carbonyl (C=O) groups is 3. The number of furan rings is 1. The monoisotopic (exact) mass is 434 g/mol. The van der Waals surface area contributed by atoms with Gasteiger partial charge in [0.25, 0.3) is 11.8 Å². The van der Waals surface area contributed by atoms with Gasteiger partial charge in [-0.25, -0.2) is 0 Å². The molecule has 0 saturated heterocycles. The molecule has 0 fully saturated rings. The highest BCUT2D eigenvalue weighted by molar-refractivity contribution is 5.97. The Morgan fingerprint density at radius 1 is 0.844 bits per heavy atom. The summed E-state index contributed by atoms with van der Waals surface area (Å²) in [6.07, 6.45) is 2.42. The average molecular weight is 434 g/mol. The molecule has 0 spiro atoms. The van der Waals surface area contributed by atoms with Crippen molar-refractivity contribution in [2.75, 3.05) is 23.7 Å². The van der Waals surface area contributed by atoms with Crippen molar-refractivity contribution >= 4 is 29.1 Å². The van der Waals surface area contributed by atoms with E-state index in [4.69, 9.17) is 4.42 Å². The van der Waals surface area contributed by atoms with Crippen LogP contribution in [0, 0.1) is 0 Å². The Hall–Kier alpha value is -4.07. The van der Waals surface area contributed by atoms with Gasteiger partial charge in [0.1, 0.15) is 5.76 Å². The topological polar surface area (TPSA) is 112 Å². The Morgan fingerprint density at radius 2 is 1.62 bits per heavy atom. The van der Waals surface area contributed by atoms with Crippen LogP contribution in [0.15, 0.2) is 71.3 Å².